The van der Waals surface area contributed by atoms with Crippen molar-refractivity contribution in [3.05, 3.63) is 0 Å². The van der Waals surface area contributed by atoms with E-state index in [0.717, 1.165) is 0 Å². The van der Waals surface area contributed by atoms with Gasteiger partial charge in [-0.05, 0) is 0 Å². The van der Waals surface area contributed by atoms with Gasteiger partial charge >= 0.3 is 7.82 Å². The zero-order valence-electron chi connectivity index (χ0n) is 6.92. The van der Waals surface area contributed by atoms with Gasteiger partial charge in [-0.1, -0.05) is 0 Å². The molecule has 4 atom stereocenters. The van der Waals surface area contributed by atoms with E-state index >= 15 is 0 Å². The van der Waals surface area contributed by atoms with Crippen molar-refractivity contribution in [1.82, 2.24) is 0 Å². The third kappa shape index (κ3) is 2.97. The Bertz CT molecular complexity index is 238. The third-order valence-electron chi connectivity index (χ3n) is 1.73. The van der Waals surface area contributed by atoms with E-state index < -0.39 is 39.0 Å². The molecule has 1 saturated heterocycles. The van der Waals surface area contributed by atoms with Crippen LogP contribution in [-0.2, 0) is 13.8 Å². The molecule has 1 aliphatic heterocycles. The summed E-state index contributed by atoms with van der Waals surface area (Å²) in [5.41, 5.74) is 0. The average molecular weight is 230 g/mol. The Kier molecular flexibility index (Phi) is 3.62. The van der Waals surface area contributed by atoms with Crippen LogP contribution >= 0.6 is 7.82 Å². The van der Waals surface area contributed by atoms with E-state index in [0.29, 0.717) is 0 Å². The molecule has 0 spiro atoms. The van der Waals surface area contributed by atoms with Gasteiger partial charge < -0.3 is 29.8 Å². The van der Waals surface area contributed by atoms with E-state index in [-0.39, 0.29) is 0 Å². The molecule has 0 aromatic heterocycles. The summed E-state index contributed by atoms with van der Waals surface area (Å²) in [6, 6.07) is 0. The van der Waals surface area contributed by atoms with Gasteiger partial charge in [0.05, 0.1) is 6.61 Å². The fraction of sp³-hybridized carbons (Fsp3) is 1.00. The Balaban J connectivity index is 2.60. The summed E-state index contributed by atoms with van der Waals surface area (Å²) in [7, 11) is -4.75. The van der Waals surface area contributed by atoms with Crippen molar-refractivity contribution in [3.63, 3.8) is 0 Å². The van der Waals surface area contributed by atoms with Crippen LogP contribution in [0.2, 0.25) is 0 Å². The minimum Gasteiger partial charge on any atom is -0.387 e. The molecular formula is C5H11O8P. The van der Waals surface area contributed by atoms with Crippen molar-refractivity contribution >= 4 is 7.82 Å². The van der Waals surface area contributed by atoms with E-state index in [1.807, 2.05) is 0 Å². The van der Waals surface area contributed by atoms with Crippen molar-refractivity contribution < 1.29 is 38.9 Å². The van der Waals surface area contributed by atoms with Crippen LogP contribution in [0.25, 0.3) is 0 Å². The number of hydrogen-bond donors (Lipinski definition) is 5. The molecule has 84 valence electrons. The van der Waals surface area contributed by atoms with Crippen LogP contribution in [0.15, 0.2) is 0 Å². The van der Waals surface area contributed by atoms with Crippen LogP contribution in [0.5, 0.6) is 0 Å². The number of ether oxygens (including phenoxy) is 1. The second kappa shape index (κ2) is 4.21. The summed E-state index contributed by atoms with van der Waals surface area (Å²) in [5.74, 6) is 0. The highest BCUT2D eigenvalue weighted by Gasteiger charge is 2.41. The Labute approximate surface area is 78.9 Å². The van der Waals surface area contributed by atoms with Crippen molar-refractivity contribution in [2.45, 2.75) is 24.6 Å². The Morgan fingerprint density at radius 2 is 1.79 bits per heavy atom. The fourth-order valence-electron chi connectivity index (χ4n) is 1.05. The number of hydrogen-bond acceptors (Lipinski definition) is 6. The molecule has 1 aliphatic rings. The molecule has 0 bridgehead atoms. The summed E-state index contributed by atoms with van der Waals surface area (Å²) < 4.78 is 19.0. The molecule has 5 N–H and O–H groups in total. The van der Waals surface area contributed by atoms with Gasteiger partial charge in [0.25, 0.3) is 0 Å². The Morgan fingerprint density at radius 3 is 2.29 bits per heavy atom. The lowest BCUT2D eigenvalue weighted by atomic mass is 10.1. The van der Waals surface area contributed by atoms with Crippen LogP contribution in [0.1, 0.15) is 0 Å². The molecular weight excluding hydrogens is 219 g/mol. The van der Waals surface area contributed by atoms with Crippen LogP contribution in [-0.4, -0.2) is 56.3 Å². The van der Waals surface area contributed by atoms with Gasteiger partial charge in [-0.2, -0.15) is 0 Å². The number of phosphoric acid groups is 1. The first-order valence-electron chi connectivity index (χ1n) is 3.71. The van der Waals surface area contributed by atoms with Gasteiger partial charge in [0.2, 0.25) is 0 Å². The molecule has 0 aliphatic carbocycles. The molecule has 14 heavy (non-hydrogen) atoms. The highest BCUT2D eigenvalue weighted by Crippen LogP contribution is 2.39. The lowest BCUT2D eigenvalue weighted by Crippen LogP contribution is -2.53. The third-order valence-corrected chi connectivity index (χ3v) is 2.27. The monoisotopic (exact) mass is 230 g/mol. The zero-order chi connectivity index (χ0) is 10.9. The predicted molar refractivity (Wildman–Crippen MR) is 40.9 cm³/mol. The second-order valence-corrected chi connectivity index (χ2v) is 4.03. The Hall–Kier alpha value is -0.0500. The normalized spacial score (nSPS) is 39.8. The molecule has 0 saturated carbocycles. The molecule has 8 nitrogen and oxygen atoms in total. The van der Waals surface area contributed by atoms with Crippen LogP contribution in [0.4, 0.5) is 0 Å². The first kappa shape index (κ1) is 12.0. The van der Waals surface area contributed by atoms with Crippen LogP contribution < -0.4 is 0 Å². The smallest absolute Gasteiger partial charge is 0.387 e. The quantitative estimate of drug-likeness (QED) is 0.329. The van der Waals surface area contributed by atoms with Crippen molar-refractivity contribution in [2.24, 2.45) is 0 Å². The molecule has 0 aromatic rings. The summed E-state index contributed by atoms with van der Waals surface area (Å²) in [6.45, 7) is -0.412. The van der Waals surface area contributed by atoms with E-state index in [1.165, 1.54) is 0 Å². The highest BCUT2D eigenvalue weighted by atomic mass is 31.2. The van der Waals surface area contributed by atoms with Gasteiger partial charge in [-0.15, -0.1) is 0 Å². The van der Waals surface area contributed by atoms with Gasteiger partial charge in [-0.25, -0.2) is 4.57 Å². The molecule has 9 heteroatoms. The minimum absolute atomic E-state index is 0.412. The molecule has 1 rings (SSSR count). The SMILES string of the molecule is O=P(O)(O)O[C@@H]1COC(O)[C@@H](O)[C@@H]1O. The lowest BCUT2D eigenvalue weighted by Gasteiger charge is -2.34. The van der Waals surface area contributed by atoms with Crippen molar-refractivity contribution in [3.8, 4) is 0 Å². The zero-order valence-corrected chi connectivity index (χ0v) is 7.82. The summed E-state index contributed by atoms with van der Waals surface area (Å²) in [4.78, 5) is 16.8. The minimum atomic E-state index is -4.75. The van der Waals surface area contributed by atoms with Gasteiger partial charge in [0.15, 0.2) is 6.29 Å². The molecule has 1 fully saturated rings. The predicted octanol–water partition coefficient (Wildman–Crippen LogP) is -2.47. The fourth-order valence-corrected chi connectivity index (χ4v) is 1.59. The number of phosphoric ester groups is 1. The van der Waals surface area contributed by atoms with Gasteiger partial charge in [0, 0.05) is 0 Å². The summed E-state index contributed by atoms with van der Waals surface area (Å²) >= 11 is 0. The summed E-state index contributed by atoms with van der Waals surface area (Å²) in [6.07, 6.45) is -6.21. The number of rotatable bonds is 2. The number of aliphatic hydroxyl groups excluding tert-OH is 3. The molecule has 1 heterocycles. The van der Waals surface area contributed by atoms with E-state index in [2.05, 4.69) is 9.26 Å². The first-order chi connectivity index (χ1) is 6.31. The lowest BCUT2D eigenvalue weighted by molar-refractivity contribution is -0.249. The van der Waals surface area contributed by atoms with Crippen molar-refractivity contribution in [1.29, 1.82) is 0 Å². The number of aliphatic hydroxyl groups is 3. The largest absolute Gasteiger partial charge is 0.470 e. The Morgan fingerprint density at radius 1 is 1.21 bits per heavy atom. The maximum Gasteiger partial charge on any atom is 0.470 e. The summed E-state index contributed by atoms with van der Waals surface area (Å²) in [5, 5.41) is 27.2. The standard InChI is InChI=1S/C5H11O8P/c6-3-2(13-14(9,10)11)1-12-5(8)4(3)7/h2-8H,1H2,(H2,9,10,11)/t2-,3-,4+,5?/m1/s1. The topological polar surface area (TPSA) is 137 Å². The second-order valence-electron chi connectivity index (χ2n) is 2.84. The molecule has 0 radical (unpaired) electrons. The van der Waals surface area contributed by atoms with E-state index in [9.17, 15) is 9.67 Å². The van der Waals surface area contributed by atoms with E-state index in [1.54, 1.807) is 0 Å². The first-order valence-corrected chi connectivity index (χ1v) is 5.24. The molecule has 1 unspecified atom stereocenters. The molecule has 0 amide bonds. The van der Waals surface area contributed by atoms with Crippen LogP contribution in [0, 0.1) is 0 Å². The highest BCUT2D eigenvalue weighted by molar-refractivity contribution is 7.46. The van der Waals surface area contributed by atoms with Gasteiger partial charge in [-0.3, -0.25) is 4.52 Å². The average Bonchev–Trinajstić information content (AvgIpc) is 2.04. The van der Waals surface area contributed by atoms with E-state index in [4.69, 9.17) is 20.0 Å². The van der Waals surface area contributed by atoms with Gasteiger partial charge in [0.1, 0.15) is 18.3 Å². The van der Waals surface area contributed by atoms with Crippen LogP contribution in [0.3, 0.4) is 0 Å². The maximum absolute atomic E-state index is 10.4. The molecule has 0 aromatic carbocycles. The van der Waals surface area contributed by atoms with Crippen molar-refractivity contribution in [2.75, 3.05) is 6.61 Å². The maximum atomic E-state index is 10.4.